The van der Waals surface area contributed by atoms with Gasteiger partial charge in [0.15, 0.2) is 0 Å². The summed E-state index contributed by atoms with van der Waals surface area (Å²) in [6.07, 6.45) is 5.69. The average Bonchev–Trinajstić information content (AvgIpc) is 3.66. The van der Waals surface area contributed by atoms with E-state index in [4.69, 9.17) is 4.74 Å². The number of allylic oxidation sites excluding steroid dienone is 2. The van der Waals surface area contributed by atoms with Crippen LogP contribution in [-0.4, -0.2) is 163 Å². The quantitative estimate of drug-likeness (QED) is 0.0552. The number of amides is 6. The zero-order chi connectivity index (χ0) is 54.1. The number of fused-ring (bicyclic) bond motifs is 1. The molecule has 3 aromatic rings. The Morgan fingerprint density at radius 2 is 1.66 bits per heavy atom. The van der Waals surface area contributed by atoms with Crippen molar-refractivity contribution in [3.8, 4) is 0 Å². The third-order valence-corrected chi connectivity index (χ3v) is 15.8. The smallest absolute Gasteiger partial charge is 0.264 e. The summed E-state index contributed by atoms with van der Waals surface area (Å²) in [6.45, 7) is 23.8. The molecule has 1 aliphatic carbocycles. The van der Waals surface area contributed by atoms with Crippen molar-refractivity contribution < 1.29 is 33.5 Å². The maximum absolute atomic E-state index is 14.0. The summed E-state index contributed by atoms with van der Waals surface area (Å²) in [5.74, 6) is -2.40. The van der Waals surface area contributed by atoms with Crippen LogP contribution < -0.4 is 26.8 Å². The van der Waals surface area contributed by atoms with E-state index in [0.717, 1.165) is 123 Å². The van der Waals surface area contributed by atoms with Crippen molar-refractivity contribution >= 4 is 46.7 Å². The van der Waals surface area contributed by atoms with Crippen LogP contribution in [0, 0.1) is 25.2 Å². The number of ether oxygens (including phenoxy) is 1. The van der Waals surface area contributed by atoms with Crippen LogP contribution in [-0.2, 0) is 37.0 Å². The van der Waals surface area contributed by atoms with Crippen LogP contribution in [0.5, 0.6) is 0 Å². The third kappa shape index (κ3) is 12.8. The number of pyridine rings is 1. The third-order valence-electron chi connectivity index (χ3n) is 15.8. The van der Waals surface area contributed by atoms with Crippen molar-refractivity contribution in [2.75, 3.05) is 97.1 Å². The molecule has 2 atom stereocenters. The normalized spacial score (nSPS) is 19.2. The fourth-order valence-corrected chi connectivity index (χ4v) is 11.6. The van der Waals surface area contributed by atoms with E-state index < -0.39 is 29.7 Å². The van der Waals surface area contributed by atoms with Gasteiger partial charge in [-0.05, 0) is 132 Å². The lowest BCUT2D eigenvalue weighted by molar-refractivity contribution is -0.158. The molecule has 0 radical (unpaired) electrons. The topological polar surface area (TPSA) is 209 Å². The van der Waals surface area contributed by atoms with Crippen molar-refractivity contribution in [3.63, 3.8) is 0 Å². The largest absolute Gasteiger partial charge is 0.384 e. The molecule has 6 amide bonds. The molecule has 76 heavy (non-hydrogen) atoms. The number of unbranched alkanes of at least 4 members (excludes halogenated alkanes) is 1. The van der Waals surface area contributed by atoms with Crippen LogP contribution >= 0.6 is 0 Å². The first-order chi connectivity index (χ1) is 36.6. The molecule has 408 valence electrons. The number of likely N-dealkylation sites (N-methyl/N-ethyl adjacent to an activating group) is 2. The minimum absolute atomic E-state index is 0.0764. The number of aromatic amines is 1. The highest BCUT2D eigenvalue weighted by molar-refractivity contribution is 6.25. The van der Waals surface area contributed by atoms with Gasteiger partial charge in [0.25, 0.3) is 17.4 Å². The van der Waals surface area contributed by atoms with Gasteiger partial charge in [-0.15, -0.1) is 0 Å². The van der Waals surface area contributed by atoms with Gasteiger partial charge in [-0.3, -0.25) is 48.7 Å². The zero-order valence-corrected chi connectivity index (χ0v) is 45.4. The number of carbonyl (C=O) groups excluding carboxylic acids is 6. The van der Waals surface area contributed by atoms with Crippen LogP contribution in [0.3, 0.4) is 0 Å². The lowest BCUT2D eigenvalue weighted by Crippen LogP contribution is -2.73. The molecular formula is C58H78N10O8. The highest BCUT2D eigenvalue weighted by Gasteiger charge is 2.52. The number of aryl methyl sites for hydroxylation is 2. The molecule has 8 rings (SSSR count). The van der Waals surface area contributed by atoms with Crippen molar-refractivity contribution in [2.24, 2.45) is 11.3 Å². The Morgan fingerprint density at radius 3 is 2.37 bits per heavy atom. The van der Waals surface area contributed by atoms with E-state index in [-0.39, 0.29) is 59.2 Å². The number of nitrogens with zero attached hydrogens (tertiary/aromatic N) is 5. The molecule has 3 saturated heterocycles. The van der Waals surface area contributed by atoms with Gasteiger partial charge >= 0.3 is 0 Å². The van der Waals surface area contributed by atoms with Gasteiger partial charge in [-0.1, -0.05) is 37.3 Å². The van der Waals surface area contributed by atoms with E-state index >= 15 is 0 Å². The first-order valence-corrected chi connectivity index (χ1v) is 27.4. The Balaban J connectivity index is 0.742. The van der Waals surface area contributed by atoms with E-state index in [0.29, 0.717) is 50.5 Å². The average molecular weight is 1040 g/mol. The van der Waals surface area contributed by atoms with E-state index in [1.807, 2.05) is 31.7 Å². The molecule has 1 aromatic heterocycles. The zero-order valence-electron chi connectivity index (χ0n) is 45.4. The second-order valence-electron chi connectivity index (χ2n) is 21.3. The second kappa shape index (κ2) is 25.1. The predicted molar refractivity (Wildman–Crippen MR) is 292 cm³/mol. The molecule has 2 unspecified atom stereocenters. The summed E-state index contributed by atoms with van der Waals surface area (Å²) in [5, 5.41) is 12.1. The van der Waals surface area contributed by atoms with Gasteiger partial charge < -0.3 is 40.4 Å². The van der Waals surface area contributed by atoms with Crippen LogP contribution in [0.1, 0.15) is 115 Å². The summed E-state index contributed by atoms with van der Waals surface area (Å²) >= 11 is 0. The van der Waals surface area contributed by atoms with E-state index in [1.165, 1.54) is 5.56 Å². The SMILES string of the molecule is CCOCCCN(CC)C1=C(C)C(C(=O)NCc2c(C)cc(C)[nH]c2=O)CC(c2ccc(CN(CC)CCNCC(=O)N3CC4(CN(CCCCNc5cccc6c5C(=O)N(C5CCC(=O)NC5=O)C6=O)C4)C3)cc2)=C1. The molecule has 2 aromatic carbocycles. The Labute approximate surface area is 447 Å². The van der Waals surface area contributed by atoms with Crippen molar-refractivity contribution in [2.45, 2.75) is 99.2 Å². The summed E-state index contributed by atoms with van der Waals surface area (Å²) in [4.78, 5) is 104. The summed E-state index contributed by atoms with van der Waals surface area (Å²) in [6, 6.07) is 14.7. The summed E-state index contributed by atoms with van der Waals surface area (Å²) < 4.78 is 5.65. The van der Waals surface area contributed by atoms with E-state index in [2.05, 4.69) is 92.1 Å². The second-order valence-corrected chi connectivity index (χ2v) is 21.3. The summed E-state index contributed by atoms with van der Waals surface area (Å²) in [5.41, 5.74) is 8.78. The number of hydrogen-bond acceptors (Lipinski definition) is 13. The molecule has 3 fully saturated rings. The number of anilines is 1. The van der Waals surface area contributed by atoms with Crippen LogP contribution in [0.15, 0.2) is 70.7 Å². The molecule has 0 saturated carbocycles. The van der Waals surface area contributed by atoms with Gasteiger partial charge in [0.2, 0.25) is 23.6 Å². The monoisotopic (exact) mass is 1040 g/mol. The van der Waals surface area contributed by atoms with Gasteiger partial charge in [0, 0.05) is 120 Å². The van der Waals surface area contributed by atoms with Gasteiger partial charge in [-0.2, -0.15) is 0 Å². The van der Waals surface area contributed by atoms with Crippen LogP contribution in [0.25, 0.3) is 5.57 Å². The van der Waals surface area contributed by atoms with Crippen molar-refractivity contribution in [1.29, 1.82) is 0 Å². The molecule has 18 nitrogen and oxygen atoms in total. The molecule has 18 heteroatoms. The number of likely N-dealkylation sites (tertiary alicyclic amines) is 2. The summed E-state index contributed by atoms with van der Waals surface area (Å²) in [7, 11) is 0. The Hall–Kier alpha value is -6.47. The molecule has 4 aliphatic heterocycles. The number of hydrogen-bond donors (Lipinski definition) is 5. The number of benzene rings is 2. The standard InChI is InChI=1S/C58H78N10O8/c1-7-64(33-41-16-18-42(19-17-41)43-29-45(40(6)49(30-43)66(8-2)25-13-27-76-9-3)53(71)61-31-46-38(4)28-39(5)62-54(46)72)26-23-59-32-51(70)67-36-58(37-67)34-65(35-58)24-11-10-22-60-47-15-12-14-44-52(47)57(75)68(56(44)74)48-20-21-50(69)63-55(48)73/h12,14-19,28,30,45,48,59-60H,7-11,13,20-27,29,31-37H2,1-6H3,(H,61,71)(H,62,72)(H,63,69,73). The molecular weight excluding hydrogens is 965 g/mol. The molecule has 0 bridgehead atoms. The Morgan fingerprint density at radius 1 is 0.882 bits per heavy atom. The molecule has 5 heterocycles. The molecule has 1 spiro atoms. The first-order valence-electron chi connectivity index (χ1n) is 27.4. The van der Waals surface area contributed by atoms with E-state index in [9.17, 15) is 33.6 Å². The highest BCUT2D eigenvalue weighted by atomic mass is 16.5. The number of piperidine rings is 1. The minimum atomic E-state index is -0.997. The van der Waals surface area contributed by atoms with E-state index in [1.54, 1.807) is 18.2 Å². The number of H-pyrrole nitrogens is 1. The fourth-order valence-electron chi connectivity index (χ4n) is 11.6. The number of aromatic nitrogens is 1. The lowest BCUT2D eigenvalue weighted by atomic mass is 9.72. The first kappa shape index (κ1) is 55.8. The molecule has 5 N–H and O–H groups in total. The fraction of sp³-hybridized carbons (Fsp3) is 0.534. The van der Waals surface area contributed by atoms with Crippen LogP contribution in [0.2, 0.25) is 0 Å². The van der Waals surface area contributed by atoms with Gasteiger partial charge in [0.1, 0.15) is 6.04 Å². The van der Waals surface area contributed by atoms with Crippen molar-refractivity contribution in [3.05, 3.63) is 115 Å². The lowest BCUT2D eigenvalue weighted by Gasteiger charge is -2.60. The maximum Gasteiger partial charge on any atom is 0.264 e. The number of carbonyl (C=O) groups is 6. The Kier molecular flexibility index (Phi) is 18.4. The molecule has 5 aliphatic rings. The number of nitrogens with one attached hydrogen (secondary N) is 5. The number of imide groups is 2. The van der Waals surface area contributed by atoms with Crippen LogP contribution in [0.4, 0.5) is 5.69 Å². The van der Waals surface area contributed by atoms with Gasteiger partial charge in [0.05, 0.1) is 23.6 Å². The minimum Gasteiger partial charge on any atom is -0.384 e. The highest BCUT2D eigenvalue weighted by Crippen LogP contribution is 2.40. The maximum atomic E-state index is 14.0. The van der Waals surface area contributed by atoms with Crippen molar-refractivity contribution in [1.82, 2.24) is 45.4 Å². The van der Waals surface area contributed by atoms with Gasteiger partial charge in [-0.25, -0.2) is 0 Å². The number of rotatable bonds is 26. The predicted octanol–water partition coefficient (Wildman–Crippen LogP) is 4.58. The Bertz CT molecular complexity index is 2770.